The summed E-state index contributed by atoms with van der Waals surface area (Å²) in [5.74, 6) is 0.00349. The quantitative estimate of drug-likeness (QED) is 0.384. The Morgan fingerprint density at radius 1 is 0.972 bits per heavy atom. The molecule has 3 aromatic carbocycles. The zero-order valence-electron chi connectivity index (χ0n) is 20.7. The number of aryl methyl sites for hydroxylation is 1. The number of rotatable bonds is 8. The molecule has 1 aliphatic heterocycles. The Bertz CT molecular complexity index is 1170. The minimum Gasteiger partial charge on any atom is -0.368 e. The summed E-state index contributed by atoms with van der Waals surface area (Å²) in [6.45, 7) is 7.64. The minimum absolute atomic E-state index is 0.00349. The summed E-state index contributed by atoms with van der Waals surface area (Å²) in [5.41, 5.74) is 4.75. The van der Waals surface area contributed by atoms with E-state index < -0.39 is 0 Å². The molecule has 188 valence electrons. The summed E-state index contributed by atoms with van der Waals surface area (Å²) in [5, 5.41) is 3.63. The van der Waals surface area contributed by atoms with Crippen LogP contribution in [0.15, 0.2) is 72.8 Å². The van der Waals surface area contributed by atoms with Crippen LogP contribution in [-0.2, 0) is 11.3 Å². The van der Waals surface area contributed by atoms with Gasteiger partial charge in [0.05, 0.1) is 12.7 Å². The molecular weight excluding hydrogens is 474 g/mol. The van der Waals surface area contributed by atoms with Gasteiger partial charge in [-0.2, -0.15) is 0 Å². The molecule has 36 heavy (non-hydrogen) atoms. The van der Waals surface area contributed by atoms with Crippen molar-refractivity contribution >= 4 is 29.1 Å². The highest BCUT2D eigenvalue weighted by Crippen LogP contribution is 2.24. The number of hydrogen-bond acceptors (Lipinski definition) is 4. The molecule has 1 saturated heterocycles. The Morgan fingerprint density at radius 3 is 2.31 bits per heavy atom. The SMILES string of the molecule is CC(=O)c1ccc(NC(=O)N2CCN(C[C@@H](OCc3cccc(C)c3)c3ccc(Cl)cc3)CC2)cc1. The van der Waals surface area contributed by atoms with Gasteiger partial charge in [0.25, 0.3) is 0 Å². The van der Waals surface area contributed by atoms with Crippen molar-refractivity contribution in [3.8, 4) is 0 Å². The first kappa shape index (κ1) is 25.9. The van der Waals surface area contributed by atoms with Crippen LogP contribution < -0.4 is 5.32 Å². The Labute approximate surface area is 217 Å². The van der Waals surface area contributed by atoms with Crippen LogP contribution in [0.2, 0.25) is 5.02 Å². The number of halogens is 1. The molecule has 0 bridgehead atoms. The first-order valence-electron chi connectivity index (χ1n) is 12.2. The van der Waals surface area contributed by atoms with Crippen molar-refractivity contribution in [2.75, 3.05) is 38.0 Å². The van der Waals surface area contributed by atoms with E-state index in [0.29, 0.717) is 36.0 Å². The Kier molecular flexibility index (Phi) is 8.75. The second-order valence-corrected chi connectivity index (χ2v) is 9.63. The van der Waals surface area contributed by atoms with Crippen molar-refractivity contribution in [2.24, 2.45) is 0 Å². The topological polar surface area (TPSA) is 61.9 Å². The molecule has 0 radical (unpaired) electrons. The van der Waals surface area contributed by atoms with Gasteiger partial charge in [-0.1, -0.05) is 53.6 Å². The summed E-state index contributed by atoms with van der Waals surface area (Å²) in [4.78, 5) is 28.4. The number of nitrogens with one attached hydrogen (secondary N) is 1. The van der Waals surface area contributed by atoms with Crippen molar-refractivity contribution in [3.05, 3.63) is 100 Å². The van der Waals surface area contributed by atoms with E-state index in [1.54, 1.807) is 24.3 Å². The molecule has 1 aliphatic rings. The lowest BCUT2D eigenvalue weighted by Gasteiger charge is -2.36. The van der Waals surface area contributed by atoms with Gasteiger partial charge in [0.1, 0.15) is 0 Å². The van der Waals surface area contributed by atoms with Crippen molar-refractivity contribution in [3.63, 3.8) is 0 Å². The first-order valence-corrected chi connectivity index (χ1v) is 12.6. The van der Waals surface area contributed by atoms with Gasteiger partial charge in [0.15, 0.2) is 5.78 Å². The smallest absolute Gasteiger partial charge is 0.321 e. The van der Waals surface area contributed by atoms with Gasteiger partial charge >= 0.3 is 6.03 Å². The standard InChI is InChI=1S/C29H32ClN3O3/c1-21-4-3-5-23(18-21)20-36-28(25-6-10-26(30)11-7-25)19-32-14-16-33(17-15-32)29(35)31-27-12-8-24(9-13-27)22(2)34/h3-13,18,28H,14-17,19-20H2,1-2H3,(H,31,35)/t28-/m1/s1. The van der Waals surface area contributed by atoms with Crippen LogP contribution in [-0.4, -0.2) is 54.3 Å². The second kappa shape index (κ2) is 12.2. The van der Waals surface area contributed by atoms with E-state index in [1.807, 2.05) is 35.2 Å². The number of nitrogens with zero attached hydrogens (tertiary/aromatic N) is 2. The van der Waals surface area contributed by atoms with Crippen LogP contribution in [0.4, 0.5) is 10.5 Å². The van der Waals surface area contributed by atoms with E-state index in [1.165, 1.54) is 12.5 Å². The highest BCUT2D eigenvalue weighted by Gasteiger charge is 2.24. The Hall–Kier alpha value is -3.19. The molecule has 4 rings (SSSR count). The zero-order chi connectivity index (χ0) is 25.5. The summed E-state index contributed by atoms with van der Waals surface area (Å²) in [6.07, 6.45) is -0.108. The molecule has 0 aromatic heterocycles. The maximum absolute atomic E-state index is 12.7. The molecule has 2 amide bonds. The van der Waals surface area contributed by atoms with E-state index in [9.17, 15) is 9.59 Å². The molecule has 3 aromatic rings. The fourth-order valence-electron chi connectivity index (χ4n) is 4.29. The van der Waals surface area contributed by atoms with Gasteiger partial charge in [0, 0.05) is 49.0 Å². The summed E-state index contributed by atoms with van der Waals surface area (Å²) in [6, 6.07) is 23.0. The lowest BCUT2D eigenvalue weighted by Crippen LogP contribution is -2.50. The van der Waals surface area contributed by atoms with Gasteiger partial charge in [0.2, 0.25) is 0 Å². The van der Waals surface area contributed by atoms with Crippen molar-refractivity contribution in [1.29, 1.82) is 0 Å². The van der Waals surface area contributed by atoms with Gasteiger partial charge < -0.3 is 15.0 Å². The maximum Gasteiger partial charge on any atom is 0.321 e. The third kappa shape index (κ3) is 7.17. The first-order chi connectivity index (χ1) is 17.4. The molecular formula is C29H32ClN3O3. The number of Topliss-reactive ketones (excluding diaryl/α,β-unsaturated/α-hetero) is 1. The molecule has 1 heterocycles. The normalized spacial score (nSPS) is 14.9. The molecule has 1 atom stereocenters. The van der Waals surface area contributed by atoms with Gasteiger partial charge in [-0.3, -0.25) is 9.69 Å². The summed E-state index contributed by atoms with van der Waals surface area (Å²) in [7, 11) is 0. The maximum atomic E-state index is 12.7. The largest absolute Gasteiger partial charge is 0.368 e. The van der Waals surface area contributed by atoms with E-state index in [4.69, 9.17) is 16.3 Å². The summed E-state index contributed by atoms with van der Waals surface area (Å²) >= 11 is 6.11. The number of urea groups is 1. The molecule has 6 nitrogen and oxygen atoms in total. The molecule has 1 fully saturated rings. The number of ether oxygens (including phenoxy) is 1. The molecule has 1 N–H and O–H groups in total. The van der Waals surface area contributed by atoms with E-state index in [-0.39, 0.29) is 17.9 Å². The number of hydrogen-bond donors (Lipinski definition) is 1. The van der Waals surface area contributed by atoms with Crippen LogP contribution in [0.25, 0.3) is 0 Å². The number of carbonyl (C=O) groups is 2. The number of amides is 2. The minimum atomic E-state index is -0.129. The van der Waals surface area contributed by atoms with Crippen molar-refractivity contribution in [1.82, 2.24) is 9.80 Å². The average Bonchev–Trinajstić information content (AvgIpc) is 2.88. The number of piperazine rings is 1. The zero-order valence-corrected chi connectivity index (χ0v) is 21.5. The van der Waals surface area contributed by atoms with Gasteiger partial charge in [-0.25, -0.2) is 4.79 Å². The molecule has 0 aliphatic carbocycles. The van der Waals surface area contributed by atoms with Crippen LogP contribution in [0.1, 0.15) is 40.1 Å². The van der Waals surface area contributed by atoms with Crippen molar-refractivity contribution < 1.29 is 14.3 Å². The van der Waals surface area contributed by atoms with Crippen LogP contribution in [0.5, 0.6) is 0 Å². The Balaban J connectivity index is 1.33. The lowest BCUT2D eigenvalue weighted by molar-refractivity contribution is 0.00592. The van der Waals surface area contributed by atoms with E-state index in [2.05, 4.69) is 35.3 Å². The summed E-state index contributed by atoms with van der Waals surface area (Å²) < 4.78 is 6.39. The van der Waals surface area contributed by atoms with Gasteiger partial charge in [-0.15, -0.1) is 0 Å². The lowest BCUT2D eigenvalue weighted by atomic mass is 10.1. The molecule has 0 unspecified atom stereocenters. The van der Waals surface area contributed by atoms with Crippen LogP contribution in [0.3, 0.4) is 0 Å². The Morgan fingerprint density at radius 2 is 1.67 bits per heavy atom. The second-order valence-electron chi connectivity index (χ2n) is 9.19. The highest BCUT2D eigenvalue weighted by molar-refractivity contribution is 6.30. The number of ketones is 1. The number of benzene rings is 3. The number of anilines is 1. The van der Waals surface area contributed by atoms with Crippen molar-refractivity contribution in [2.45, 2.75) is 26.6 Å². The van der Waals surface area contributed by atoms with Crippen LogP contribution in [0, 0.1) is 6.92 Å². The third-order valence-electron chi connectivity index (χ3n) is 6.40. The predicted octanol–water partition coefficient (Wildman–Crippen LogP) is 5.96. The average molecular weight is 506 g/mol. The van der Waals surface area contributed by atoms with Crippen LogP contribution >= 0.6 is 11.6 Å². The highest BCUT2D eigenvalue weighted by atomic mass is 35.5. The number of carbonyl (C=O) groups excluding carboxylic acids is 2. The molecule has 0 spiro atoms. The molecule has 0 saturated carbocycles. The molecule has 7 heteroatoms. The van der Waals surface area contributed by atoms with E-state index in [0.717, 1.165) is 30.8 Å². The fourth-order valence-corrected chi connectivity index (χ4v) is 4.42. The third-order valence-corrected chi connectivity index (χ3v) is 6.65. The monoisotopic (exact) mass is 505 g/mol. The predicted molar refractivity (Wildman–Crippen MR) is 144 cm³/mol. The van der Waals surface area contributed by atoms with E-state index >= 15 is 0 Å². The van der Waals surface area contributed by atoms with Gasteiger partial charge in [-0.05, 0) is 61.4 Å². The fraction of sp³-hybridized carbons (Fsp3) is 0.310.